The van der Waals surface area contributed by atoms with Gasteiger partial charge in [0.05, 0.1) is 34.2 Å². The summed E-state index contributed by atoms with van der Waals surface area (Å²) in [6.07, 6.45) is 4.45. The van der Waals surface area contributed by atoms with Crippen LogP contribution < -0.4 is 9.84 Å². The van der Waals surface area contributed by atoms with Crippen molar-refractivity contribution in [2.45, 2.75) is 136 Å². The number of phosphoric ester groups is 1. The number of phosphoric acid groups is 1. The van der Waals surface area contributed by atoms with Gasteiger partial charge in [0.2, 0.25) is 5.78 Å². The van der Waals surface area contributed by atoms with Crippen molar-refractivity contribution in [3.63, 3.8) is 0 Å². The van der Waals surface area contributed by atoms with Gasteiger partial charge in [0.1, 0.15) is 24.0 Å². The molecule has 0 spiro atoms. The van der Waals surface area contributed by atoms with Crippen LogP contribution in [0.3, 0.4) is 0 Å². The first-order chi connectivity index (χ1) is 29.2. The normalized spacial score (nSPS) is 20.3. The molecular weight excluding hydrogens is 877 g/mol. The largest absolute Gasteiger partial charge is 0.531 e. The Kier molecular flexibility index (Phi) is 14.6. The average Bonchev–Trinajstić information content (AvgIpc) is 3.74. The van der Waals surface area contributed by atoms with Crippen molar-refractivity contribution in [3.8, 4) is 5.75 Å². The minimum atomic E-state index is -4.09. The molecule has 6 rings (SSSR count). The Morgan fingerprint density at radius 2 is 1.65 bits per heavy atom. The summed E-state index contributed by atoms with van der Waals surface area (Å²) < 4.78 is 44.4. The third-order valence-electron chi connectivity index (χ3n) is 11.9. The first-order valence-electron chi connectivity index (χ1n) is 21.5. The highest BCUT2D eigenvalue weighted by Crippen LogP contribution is 2.55. The van der Waals surface area contributed by atoms with Gasteiger partial charge in [-0.05, 0) is 150 Å². The highest BCUT2D eigenvalue weighted by molar-refractivity contribution is 7.49. The van der Waals surface area contributed by atoms with Crippen LogP contribution in [-0.2, 0) is 34.0 Å². The number of halogens is 1. The zero-order valence-corrected chi connectivity index (χ0v) is 42.0. The molecule has 1 fully saturated rings. The number of aliphatic carboxylic acids is 1. The number of carbonyl (C=O) groups is 2. The van der Waals surface area contributed by atoms with Gasteiger partial charge in [0.15, 0.2) is 8.32 Å². The predicted molar refractivity (Wildman–Crippen MR) is 251 cm³/mol. The third kappa shape index (κ3) is 12.1. The van der Waals surface area contributed by atoms with Gasteiger partial charge in [-0.3, -0.25) is 18.6 Å². The van der Waals surface area contributed by atoms with Gasteiger partial charge in [-0.1, -0.05) is 50.6 Å². The minimum Gasteiger partial charge on any atom is -0.481 e. The van der Waals surface area contributed by atoms with Crippen LogP contribution in [0.4, 0.5) is 5.82 Å². The van der Waals surface area contributed by atoms with Crippen LogP contribution in [-0.4, -0.2) is 65.6 Å². The monoisotopic (exact) mass is 939 g/mol. The van der Waals surface area contributed by atoms with E-state index in [4.69, 9.17) is 34.3 Å². The molecule has 1 aliphatic carbocycles. The summed E-state index contributed by atoms with van der Waals surface area (Å²) in [5, 5.41) is 15.1. The Bertz CT molecular complexity index is 2320. The number of carbonyl (C=O) groups excluding carboxylic acids is 1. The Morgan fingerprint density at radius 1 is 0.984 bits per heavy atom. The lowest BCUT2D eigenvalue weighted by Gasteiger charge is -2.38. The fraction of sp³-hybridized carbons (Fsp3) is 0.532. The number of aromatic nitrogens is 2. The Hall–Kier alpha value is -3.46. The highest BCUT2D eigenvalue weighted by atomic mass is 35.5. The number of nitrogens with zero attached hydrogens (tertiary/aromatic N) is 2. The number of anilines is 1. The summed E-state index contributed by atoms with van der Waals surface area (Å²) >= 11 is 7.81. The molecule has 0 radical (unpaired) electrons. The van der Waals surface area contributed by atoms with Crippen LogP contribution >= 0.6 is 30.8 Å². The number of carboxylic acids is 1. The lowest BCUT2D eigenvalue weighted by atomic mass is 9.80. The van der Waals surface area contributed by atoms with Gasteiger partial charge in [0.25, 0.3) is 0 Å². The minimum absolute atomic E-state index is 0.0522. The number of aryl methyl sites for hydroxylation is 1. The molecule has 2 aromatic carbocycles. The van der Waals surface area contributed by atoms with E-state index in [-0.39, 0.29) is 40.6 Å². The van der Waals surface area contributed by atoms with Crippen LogP contribution in [0.2, 0.25) is 23.2 Å². The maximum Gasteiger partial charge on any atom is 0.531 e. The molecular formula is C47H63ClN3O9PSSi. The molecule has 0 amide bonds. The molecule has 4 aromatic rings. The van der Waals surface area contributed by atoms with Crippen LogP contribution in [0.1, 0.15) is 130 Å². The molecule has 2 aromatic heterocycles. The second-order valence-corrected chi connectivity index (χ2v) is 28.2. The first-order valence-corrected chi connectivity index (χ1v) is 27.1. The maximum absolute atomic E-state index is 14.3. The van der Waals surface area contributed by atoms with Crippen molar-refractivity contribution >= 4 is 56.6 Å². The number of fused-ring (bicyclic) bond motifs is 1. The summed E-state index contributed by atoms with van der Waals surface area (Å²) in [6.45, 7) is 24.4. The number of thiophene rings is 1. The van der Waals surface area contributed by atoms with Crippen molar-refractivity contribution in [2.24, 2.45) is 11.8 Å². The molecule has 5 atom stereocenters. The second-order valence-electron chi connectivity index (χ2n) is 20.2. The zero-order chi connectivity index (χ0) is 46.3. The molecule has 0 bridgehead atoms. The average molecular weight is 941 g/mol. The number of benzene rings is 2. The van der Waals surface area contributed by atoms with E-state index in [0.717, 1.165) is 22.4 Å². The number of hydrogen-bond donors (Lipinski definition) is 2. The number of rotatable bonds is 15. The summed E-state index contributed by atoms with van der Waals surface area (Å²) in [5.74, 6) is -2.01. The third-order valence-corrected chi connectivity index (χ3v) is 19.7. The molecule has 3 heterocycles. The van der Waals surface area contributed by atoms with E-state index in [2.05, 4.69) is 49.1 Å². The molecule has 63 heavy (non-hydrogen) atoms. The molecule has 12 nitrogen and oxygen atoms in total. The standard InChI is InChI=1S/C47H63ClN3O9PSSi/c1-28-35(42-37-22-32(48)16-13-29(37)19-20-56-42)24-39(62-28)41(52)38-25-49-27-50-43(38)51-33-21-31(26-57-63(11,12)47(8,9)10)36(23-33)40(44(53)54)30-14-17-34(18-15-30)58-61(55,59-45(2,3)4)60-46(5,6)7/h13-18,22,24-25,27,31,33,36,40,42H,19-21,23,26H2,1-12H3,(H,53,54)(H,49,50,51)/t31-,33-,36-,40?,42-/m0/s1. The number of nitrogens with one attached hydrogen (secondary N) is 1. The molecule has 2 aliphatic rings. The number of ketones is 1. The summed E-state index contributed by atoms with van der Waals surface area (Å²) in [5.41, 5.74) is 2.33. The van der Waals surface area contributed by atoms with E-state index in [0.29, 0.717) is 52.9 Å². The fourth-order valence-corrected chi connectivity index (χ4v) is 12.1. The van der Waals surface area contributed by atoms with Gasteiger partial charge in [-0.15, -0.1) is 11.3 Å². The van der Waals surface area contributed by atoms with Crippen molar-refractivity contribution in [1.82, 2.24) is 9.97 Å². The first kappa shape index (κ1) is 49.0. The molecule has 1 saturated carbocycles. The van der Waals surface area contributed by atoms with Crippen molar-refractivity contribution in [1.29, 1.82) is 0 Å². The summed E-state index contributed by atoms with van der Waals surface area (Å²) in [4.78, 5) is 38.0. The smallest absolute Gasteiger partial charge is 0.481 e. The van der Waals surface area contributed by atoms with E-state index < -0.39 is 39.2 Å². The quantitative estimate of drug-likeness (QED) is 0.0662. The molecule has 16 heteroatoms. The van der Waals surface area contributed by atoms with Crippen LogP contribution in [0.15, 0.2) is 61.1 Å². The van der Waals surface area contributed by atoms with Gasteiger partial charge in [0, 0.05) is 28.7 Å². The van der Waals surface area contributed by atoms with Crippen LogP contribution in [0, 0.1) is 18.8 Å². The predicted octanol–water partition coefficient (Wildman–Crippen LogP) is 12.2. The van der Waals surface area contributed by atoms with Gasteiger partial charge in [-0.2, -0.15) is 0 Å². The van der Waals surface area contributed by atoms with Crippen molar-refractivity contribution in [2.75, 3.05) is 18.5 Å². The topological polar surface area (TPSA) is 155 Å². The van der Waals surface area contributed by atoms with Gasteiger partial charge >= 0.3 is 13.8 Å². The van der Waals surface area contributed by atoms with E-state index in [1.807, 2.05) is 31.2 Å². The Balaban J connectivity index is 1.27. The van der Waals surface area contributed by atoms with E-state index in [9.17, 15) is 19.3 Å². The van der Waals surface area contributed by atoms with E-state index in [1.54, 1.807) is 65.8 Å². The lowest BCUT2D eigenvalue weighted by Crippen LogP contribution is -2.42. The van der Waals surface area contributed by atoms with Gasteiger partial charge < -0.3 is 24.1 Å². The number of hydrogen-bond acceptors (Lipinski definition) is 12. The molecule has 342 valence electrons. The SMILES string of the molecule is Cc1sc(C(=O)c2cncnc2N[C@H]2C[C@@H](CO[Si](C)(C)C(C)(C)C)[C@@H](C(C(=O)O)c3ccc(OP(=O)(OC(C)(C)C)OC(C)(C)C)cc3)C2)cc1[C@@H]1OCCc2ccc(Cl)cc21. The number of carboxylic acid groups (broad SMARTS) is 1. The van der Waals surface area contributed by atoms with Crippen LogP contribution in [0.25, 0.3) is 0 Å². The summed E-state index contributed by atoms with van der Waals surface area (Å²) in [6, 6.07) is 14.1. The molecule has 0 saturated heterocycles. The lowest BCUT2D eigenvalue weighted by molar-refractivity contribution is -0.140. The Morgan fingerprint density at radius 3 is 2.27 bits per heavy atom. The molecule has 1 aliphatic heterocycles. The van der Waals surface area contributed by atoms with Crippen molar-refractivity contribution in [3.05, 3.63) is 104 Å². The van der Waals surface area contributed by atoms with E-state index in [1.165, 1.54) is 29.4 Å². The zero-order valence-electron chi connectivity index (χ0n) is 38.5. The fourth-order valence-electron chi connectivity index (χ4n) is 8.05. The summed E-state index contributed by atoms with van der Waals surface area (Å²) in [7, 11) is -6.30. The van der Waals surface area contributed by atoms with E-state index >= 15 is 0 Å². The van der Waals surface area contributed by atoms with Crippen LogP contribution in [0.5, 0.6) is 5.75 Å². The van der Waals surface area contributed by atoms with Crippen molar-refractivity contribution < 1.29 is 42.0 Å². The second kappa shape index (κ2) is 18.8. The molecule has 1 unspecified atom stereocenters. The van der Waals surface area contributed by atoms with Gasteiger partial charge in [-0.25, -0.2) is 14.5 Å². The molecule has 2 N–H and O–H groups in total. The number of ether oxygens (including phenoxy) is 1. The Labute approximate surface area is 382 Å². The highest BCUT2D eigenvalue weighted by Gasteiger charge is 2.46. The maximum atomic E-state index is 14.3.